The van der Waals surface area contributed by atoms with Crippen LogP contribution in [-0.4, -0.2) is 23.4 Å². The summed E-state index contributed by atoms with van der Waals surface area (Å²) < 4.78 is 9.87. The van der Waals surface area contributed by atoms with Gasteiger partial charge in [-0.25, -0.2) is 4.79 Å². The number of ether oxygens (including phenoxy) is 1. The Hall–Kier alpha value is -1.52. The number of carbonyl (C=O) groups excluding carboxylic acids is 1. The Balaban J connectivity index is 2.18. The van der Waals surface area contributed by atoms with Crippen molar-refractivity contribution in [3.8, 4) is 0 Å². The molecule has 0 unspecified atom stereocenters. The third-order valence-corrected chi connectivity index (χ3v) is 1.48. The van der Waals surface area contributed by atoms with E-state index in [9.17, 15) is 4.79 Å². The number of rotatable bonds is 3. The summed E-state index contributed by atoms with van der Waals surface area (Å²) in [7, 11) is 0. The lowest BCUT2D eigenvalue weighted by molar-refractivity contribution is 0.0528. The molecule has 1 heterocycles. The predicted molar refractivity (Wildman–Crippen MR) is 53.3 cm³/mol. The molecule has 0 aliphatic heterocycles. The molecule has 1 radical (unpaired) electrons. The van der Waals surface area contributed by atoms with E-state index >= 15 is 0 Å². The third kappa shape index (κ3) is 5.05. The Kier molecular flexibility index (Phi) is 3.71. The van der Waals surface area contributed by atoms with Gasteiger partial charge in [-0.3, -0.25) is 0 Å². The standard InChI is InChI=1S/C10H15N2O3/c1-10(2,3)14-9(13)11-6-4-8-5-7-12-15-8/h5H,4,6H2,1-3H3,(H,11,13). The van der Waals surface area contributed by atoms with Crippen LogP contribution in [0.15, 0.2) is 10.6 Å². The molecule has 0 aromatic carbocycles. The zero-order valence-electron chi connectivity index (χ0n) is 9.16. The minimum absolute atomic E-state index is 0.425. The first kappa shape index (κ1) is 11.6. The van der Waals surface area contributed by atoms with E-state index in [4.69, 9.17) is 9.26 Å². The molecule has 15 heavy (non-hydrogen) atoms. The smallest absolute Gasteiger partial charge is 0.407 e. The maximum Gasteiger partial charge on any atom is 0.407 e. The number of nitrogens with zero attached hydrogens (tertiary/aromatic N) is 1. The lowest BCUT2D eigenvalue weighted by atomic mass is 10.2. The maximum absolute atomic E-state index is 11.2. The second-order valence-corrected chi connectivity index (χ2v) is 4.10. The Morgan fingerprint density at radius 2 is 2.40 bits per heavy atom. The van der Waals surface area contributed by atoms with Crippen LogP contribution in [0.25, 0.3) is 0 Å². The van der Waals surface area contributed by atoms with Crippen molar-refractivity contribution in [1.29, 1.82) is 0 Å². The summed E-state index contributed by atoms with van der Waals surface area (Å²) in [6.07, 6.45) is 2.70. The normalized spacial score (nSPS) is 11.1. The van der Waals surface area contributed by atoms with E-state index in [1.807, 2.05) is 20.8 Å². The van der Waals surface area contributed by atoms with Crippen molar-refractivity contribution in [1.82, 2.24) is 10.5 Å². The van der Waals surface area contributed by atoms with E-state index in [0.717, 1.165) is 0 Å². The largest absolute Gasteiger partial charge is 0.444 e. The third-order valence-electron chi connectivity index (χ3n) is 1.48. The van der Waals surface area contributed by atoms with Gasteiger partial charge in [0.2, 0.25) is 0 Å². The molecule has 1 amide bonds. The number of carbonyl (C=O) groups is 1. The van der Waals surface area contributed by atoms with Gasteiger partial charge < -0.3 is 14.6 Å². The SMILES string of the molecule is CC(C)(C)OC(=O)NCCc1c[c]no1. The van der Waals surface area contributed by atoms with Crippen molar-refractivity contribution in [2.75, 3.05) is 6.54 Å². The average Bonchev–Trinajstić information content (AvgIpc) is 2.53. The van der Waals surface area contributed by atoms with Gasteiger partial charge in [0.25, 0.3) is 0 Å². The first-order valence-electron chi connectivity index (χ1n) is 4.76. The molecular weight excluding hydrogens is 196 g/mol. The second-order valence-electron chi connectivity index (χ2n) is 4.10. The Bertz CT molecular complexity index is 301. The molecule has 0 aliphatic carbocycles. The zero-order chi connectivity index (χ0) is 11.3. The predicted octanol–water partition coefficient (Wildman–Crippen LogP) is 1.54. The summed E-state index contributed by atoms with van der Waals surface area (Å²) >= 11 is 0. The summed E-state index contributed by atoms with van der Waals surface area (Å²) in [6.45, 7) is 5.91. The van der Waals surface area contributed by atoms with Crippen LogP contribution in [0.3, 0.4) is 0 Å². The molecule has 0 spiro atoms. The van der Waals surface area contributed by atoms with E-state index in [0.29, 0.717) is 18.7 Å². The van der Waals surface area contributed by atoms with Crippen molar-refractivity contribution < 1.29 is 14.1 Å². The first-order valence-corrected chi connectivity index (χ1v) is 4.76. The van der Waals surface area contributed by atoms with Gasteiger partial charge in [-0.2, -0.15) is 0 Å². The fourth-order valence-corrected chi connectivity index (χ4v) is 0.929. The molecule has 0 atom stereocenters. The van der Waals surface area contributed by atoms with E-state index in [1.165, 1.54) is 0 Å². The lowest BCUT2D eigenvalue weighted by Crippen LogP contribution is -2.33. The highest BCUT2D eigenvalue weighted by molar-refractivity contribution is 5.67. The van der Waals surface area contributed by atoms with Crippen LogP contribution in [0.4, 0.5) is 4.79 Å². The summed E-state index contributed by atoms with van der Waals surface area (Å²) in [6, 6.07) is 1.64. The van der Waals surface area contributed by atoms with Gasteiger partial charge in [-0.15, -0.1) is 0 Å². The fraction of sp³-hybridized carbons (Fsp3) is 0.600. The quantitative estimate of drug-likeness (QED) is 0.823. The monoisotopic (exact) mass is 211 g/mol. The topological polar surface area (TPSA) is 64.4 Å². The second kappa shape index (κ2) is 4.82. The van der Waals surface area contributed by atoms with Crippen LogP contribution in [0.5, 0.6) is 0 Å². The number of hydrogen-bond donors (Lipinski definition) is 1. The van der Waals surface area contributed by atoms with E-state index in [-0.39, 0.29) is 0 Å². The molecule has 5 nitrogen and oxygen atoms in total. The molecule has 1 aromatic rings. The minimum Gasteiger partial charge on any atom is -0.444 e. The van der Waals surface area contributed by atoms with Crippen LogP contribution < -0.4 is 5.32 Å². The van der Waals surface area contributed by atoms with Crippen molar-refractivity contribution in [2.45, 2.75) is 32.8 Å². The Morgan fingerprint density at radius 1 is 1.67 bits per heavy atom. The van der Waals surface area contributed by atoms with Crippen molar-refractivity contribution in [2.24, 2.45) is 0 Å². The molecule has 0 fully saturated rings. The summed E-state index contributed by atoms with van der Waals surface area (Å²) in [4.78, 5) is 11.2. The molecule has 1 rings (SSSR count). The Morgan fingerprint density at radius 3 is 2.93 bits per heavy atom. The van der Waals surface area contributed by atoms with Gasteiger partial charge in [0, 0.05) is 19.0 Å². The summed E-state index contributed by atoms with van der Waals surface area (Å²) in [5.41, 5.74) is -0.468. The van der Waals surface area contributed by atoms with Crippen LogP contribution in [0, 0.1) is 6.20 Å². The molecule has 0 saturated carbocycles. The lowest BCUT2D eigenvalue weighted by Gasteiger charge is -2.19. The molecule has 0 saturated heterocycles. The van der Waals surface area contributed by atoms with Crippen molar-refractivity contribution in [3.05, 3.63) is 18.0 Å². The van der Waals surface area contributed by atoms with Gasteiger partial charge in [0.05, 0.1) is 0 Å². The van der Waals surface area contributed by atoms with Gasteiger partial charge in [0.15, 0.2) is 0 Å². The summed E-state index contributed by atoms with van der Waals surface area (Å²) in [5.74, 6) is 0.686. The van der Waals surface area contributed by atoms with Gasteiger partial charge in [-0.1, -0.05) is 5.16 Å². The zero-order valence-corrected chi connectivity index (χ0v) is 9.16. The summed E-state index contributed by atoms with van der Waals surface area (Å²) in [5, 5.41) is 6.05. The maximum atomic E-state index is 11.2. The van der Waals surface area contributed by atoms with Crippen LogP contribution in [0.1, 0.15) is 26.5 Å². The van der Waals surface area contributed by atoms with Gasteiger partial charge in [-0.05, 0) is 20.8 Å². The average molecular weight is 211 g/mol. The highest BCUT2D eigenvalue weighted by Crippen LogP contribution is 2.06. The van der Waals surface area contributed by atoms with Crippen molar-refractivity contribution in [3.63, 3.8) is 0 Å². The van der Waals surface area contributed by atoms with Crippen LogP contribution in [0.2, 0.25) is 0 Å². The highest BCUT2D eigenvalue weighted by atomic mass is 16.6. The molecule has 83 valence electrons. The van der Waals surface area contributed by atoms with Gasteiger partial charge >= 0.3 is 6.09 Å². The van der Waals surface area contributed by atoms with E-state index < -0.39 is 11.7 Å². The molecule has 1 aromatic heterocycles. The number of hydrogen-bond acceptors (Lipinski definition) is 4. The number of alkyl carbamates (subject to hydrolysis) is 1. The molecule has 1 N–H and O–H groups in total. The molecule has 5 heteroatoms. The first-order chi connectivity index (χ1) is 6.97. The number of nitrogens with one attached hydrogen (secondary N) is 1. The van der Waals surface area contributed by atoms with Crippen molar-refractivity contribution >= 4 is 6.09 Å². The number of aromatic nitrogens is 1. The molecular formula is C10H15N2O3. The molecule has 0 bridgehead atoms. The van der Waals surface area contributed by atoms with E-state index in [1.54, 1.807) is 6.07 Å². The fourth-order valence-electron chi connectivity index (χ4n) is 0.929. The molecule has 0 aliphatic rings. The van der Waals surface area contributed by atoms with E-state index in [2.05, 4.69) is 16.7 Å². The van der Waals surface area contributed by atoms with Crippen LogP contribution in [-0.2, 0) is 11.2 Å². The number of amides is 1. The Labute approximate surface area is 88.8 Å². The van der Waals surface area contributed by atoms with Crippen LogP contribution >= 0.6 is 0 Å². The van der Waals surface area contributed by atoms with Gasteiger partial charge in [0.1, 0.15) is 17.6 Å². The highest BCUT2D eigenvalue weighted by Gasteiger charge is 2.15. The minimum atomic E-state index is -0.468.